The molecule has 0 spiro atoms. The molecule has 0 aliphatic carbocycles. The number of amides is 1. The van der Waals surface area contributed by atoms with Crippen molar-refractivity contribution in [2.45, 2.75) is 31.3 Å². The Labute approximate surface area is 182 Å². The molecule has 1 aromatic carbocycles. The summed E-state index contributed by atoms with van der Waals surface area (Å²) in [6.07, 6.45) is 2.72. The lowest BCUT2D eigenvalue weighted by molar-refractivity contribution is 0.0730. The molecule has 1 aliphatic rings. The number of halogens is 1. The van der Waals surface area contributed by atoms with E-state index in [1.165, 1.54) is 12.1 Å². The van der Waals surface area contributed by atoms with Crippen LogP contribution in [0, 0.1) is 0 Å². The van der Waals surface area contributed by atoms with E-state index in [0.717, 1.165) is 12.1 Å². The van der Waals surface area contributed by atoms with Crippen molar-refractivity contribution >= 4 is 33.2 Å². The summed E-state index contributed by atoms with van der Waals surface area (Å²) in [5.41, 5.74) is -0.272. The first-order valence-electron chi connectivity index (χ1n) is 9.63. The highest BCUT2D eigenvalue weighted by atomic mass is 35.5. The number of sulfone groups is 1. The van der Waals surface area contributed by atoms with Gasteiger partial charge < -0.3 is 14.5 Å². The van der Waals surface area contributed by atoms with E-state index in [2.05, 4.69) is 9.88 Å². The number of rotatable bonds is 4. The topological polar surface area (TPSA) is 79.8 Å². The van der Waals surface area contributed by atoms with Gasteiger partial charge in [0, 0.05) is 38.6 Å². The highest BCUT2D eigenvalue weighted by Gasteiger charge is 2.27. The largest absolute Gasteiger partial charge is 0.487 e. The number of aromatic nitrogens is 1. The molecular weight excluding hydrogens is 426 g/mol. The van der Waals surface area contributed by atoms with Gasteiger partial charge in [0.1, 0.15) is 17.2 Å². The van der Waals surface area contributed by atoms with Crippen LogP contribution in [-0.4, -0.2) is 62.2 Å². The van der Waals surface area contributed by atoms with Crippen molar-refractivity contribution in [3.05, 3.63) is 47.1 Å². The molecule has 7 nitrogen and oxygen atoms in total. The highest BCUT2D eigenvalue weighted by Crippen LogP contribution is 2.28. The fourth-order valence-electron chi connectivity index (χ4n) is 3.19. The Morgan fingerprint density at radius 2 is 1.77 bits per heavy atom. The van der Waals surface area contributed by atoms with E-state index in [9.17, 15) is 13.2 Å². The minimum absolute atomic E-state index is 0.0936. The molecule has 162 valence electrons. The molecule has 2 heterocycles. The van der Waals surface area contributed by atoms with Crippen molar-refractivity contribution in [3.8, 4) is 5.75 Å². The summed E-state index contributed by atoms with van der Waals surface area (Å²) in [6.45, 7) is 7.84. The fourth-order valence-corrected chi connectivity index (χ4v) is 3.95. The SMILES string of the molecule is CC(C)(C)Oc1ccc(S(C)(=O)=O)cc1C(=O)N1CCN(c2ccc(Cl)cn2)CC1. The molecule has 1 amide bonds. The van der Waals surface area contributed by atoms with Gasteiger partial charge in [-0.1, -0.05) is 11.6 Å². The van der Waals surface area contributed by atoms with Crippen molar-refractivity contribution in [2.75, 3.05) is 37.3 Å². The lowest BCUT2D eigenvalue weighted by atomic mass is 10.1. The quantitative estimate of drug-likeness (QED) is 0.709. The van der Waals surface area contributed by atoms with Crippen LogP contribution in [0.5, 0.6) is 5.75 Å². The molecule has 3 rings (SSSR count). The van der Waals surface area contributed by atoms with Crippen molar-refractivity contribution in [3.63, 3.8) is 0 Å². The first-order chi connectivity index (χ1) is 13.9. The maximum absolute atomic E-state index is 13.3. The summed E-state index contributed by atoms with van der Waals surface area (Å²) in [7, 11) is -3.45. The third-order valence-corrected chi connectivity index (χ3v) is 5.96. The number of piperazine rings is 1. The number of hydrogen-bond acceptors (Lipinski definition) is 6. The normalized spacial score (nSPS) is 15.2. The third-order valence-electron chi connectivity index (χ3n) is 4.63. The smallest absolute Gasteiger partial charge is 0.257 e. The molecule has 1 aliphatic heterocycles. The predicted molar refractivity (Wildman–Crippen MR) is 117 cm³/mol. The zero-order valence-corrected chi connectivity index (χ0v) is 19.1. The number of anilines is 1. The highest BCUT2D eigenvalue weighted by molar-refractivity contribution is 7.90. The van der Waals surface area contributed by atoms with Gasteiger partial charge in [0.05, 0.1) is 15.5 Å². The van der Waals surface area contributed by atoms with E-state index in [4.69, 9.17) is 16.3 Å². The van der Waals surface area contributed by atoms with Crippen molar-refractivity contribution in [2.24, 2.45) is 0 Å². The van der Waals surface area contributed by atoms with Crippen LogP contribution in [0.25, 0.3) is 0 Å². The van der Waals surface area contributed by atoms with Gasteiger partial charge in [0.25, 0.3) is 5.91 Å². The lowest BCUT2D eigenvalue weighted by Gasteiger charge is -2.36. The maximum Gasteiger partial charge on any atom is 0.257 e. The molecule has 1 saturated heterocycles. The van der Waals surface area contributed by atoms with Crippen LogP contribution in [0.2, 0.25) is 5.02 Å². The van der Waals surface area contributed by atoms with Crippen LogP contribution in [0.3, 0.4) is 0 Å². The zero-order chi connectivity index (χ0) is 22.1. The van der Waals surface area contributed by atoms with Gasteiger partial charge in [0.2, 0.25) is 0 Å². The van der Waals surface area contributed by atoms with E-state index >= 15 is 0 Å². The summed E-state index contributed by atoms with van der Waals surface area (Å²) in [5, 5.41) is 0.574. The third kappa shape index (κ3) is 5.43. The van der Waals surface area contributed by atoms with Crippen molar-refractivity contribution in [1.82, 2.24) is 9.88 Å². The van der Waals surface area contributed by atoms with Crippen molar-refractivity contribution in [1.29, 1.82) is 0 Å². The first kappa shape index (κ1) is 22.4. The predicted octanol–water partition coefficient (Wildman–Crippen LogP) is 3.28. The molecule has 0 N–H and O–H groups in total. The van der Waals surface area contributed by atoms with Crippen molar-refractivity contribution < 1.29 is 17.9 Å². The minimum atomic E-state index is -3.45. The zero-order valence-electron chi connectivity index (χ0n) is 17.6. The monoisotopic (exact) mass is 451 g/mol. The van der Waals surface area contributed by atoms with E-state index < -0.39 is 15.4 Å². The molecule has 0 bridgehead atoms. The van der Waals surface area contributed by atoms with Crippen LogP contribution in [-0.2, 0) is 9.84 Å². The molecule has 1 fully saturated rings. The molecule has 0 unspecified atom stereocenters. The van der Waals surface area contributed by atoms with Gasteiger partial charge in [-0.2, -0.15) is 0 Å². The fraction of sp³-hybridized carbons (Fsp3) is 0.429. The second-order valence-electron chi connectivity index (χ2n) is 8.26. The van der Waals surface area contributed by atoms with Gasteiger partial charge in [-0.25, -0.2) is 13.4 Å². The van der Waals surface area contributed by atoms with Gasteiger partial charge in [-0.05, 0) is 51.1 Å². The summed E-state index contributed by atoms with van der Waals surface area (Å²) in [4.78, 5) is 21.5. The summed E-state index contributed by atoms with van der Waals surface area (Å²) in [5.74, 6) is 0.937. The van der Waals surface area contributed by atoms with E-state index in [1.807, 2.05) is 26.8 Å². The Bertz CT molecular complexity index is 1030. The van der Waals surface area contributed by atoms with Crippen LogP contribution >= 0.6 is 11.6 Å². The summed E-state index contributed by atoms with van der Waals surface area (Å²) >= 11 is 5.90. The molecular formula is C21H26ClN3O4S. The Balaban J connectivity index is 1.82. The Kier molecular flexibility index (Phi) is 6.29. The van der Waals surface area contributed by atoms with Crippen LogP contribution in [0.15, 0.2) is 41.4 Å². The number of carbonyl (C=O) groups is 1. The van der Waals surface area contributed by atoms with Gasteiger partial charge in [-0.3, -0.25) is 4.79 Å². The van der Waals surface area contributed by atoms with Crippen LogP contribution in [0.4, 0.5) is 5.82 Å². The minimum Gasteiger partial charge on any atom is -0.487 e. The van der Waals surface area contributed by atoms with Crippen LogP contribution < -0.4 is 9.64 Å². The Morgan fingerprint density at radius 3 is 2.30 bits per heavy atom. The average molecular weight is 452 g/mol. The first-order valence-corrected chi connectivity index (χ1v) is 11.9. The average Bonchev–Trinajstić information content (AvgIpc) is 2.66. The molecule has 9 heteroatoms. The Hall–Kier alpha value is -2.32. The molecule has 0 radical (unpaired) electrons. The molecule has 30 heavy (non-hydrogen) atoms. The summed E-state index contributed by atoms with van der Waals surface area (Å²) < 4.78 is 30.0. The van der Waals surface area contributed by atoms with Crippen LogP contribution in [0.1, 0.15) is 31.1 Å². The van der Waals surface area contributed by atoms with Gasteiger partial charge >= 0.3 is 0 Å². The number of ether oxygens (including phenoxy) is 1. The molecule has 2 aromatic rings. The number of benzene rings is 1. The molecule has 0 saturated carbocycles. The number of pyridine rings is 1. The standard InChI is InChI=1S/C21H26ClN3O4S/c1-21(2,3)29-18-7-6-16(30(4,27)28)13-17(18)20(26)25-11-9-24(10-12-25)19-8-5-15(22)14-23-19/h5-8,13-14H,9-12H2,1-4H3. The van der Waals surface area contributed by atoms with E-state index in [1.54, 1.807) is 23.2 Å². The molecule has 0 atom stereocenters. The lowest BCUT2D eigenvalue weighted by Crippen LogP contribution is -2.49. The second-order valence-corrected chi connectivity index (χ2v) is 10.7. The number of nitrogens with zero attached hydrogens (tertiary/aromatic N) is 3. The second kappa shape index (κ2) is 8.43. The van der Waals surface area contributed by atoms with E-state index in [-0.39, 0.29) is 16.4 Å². The Morgan fingerprint density at radius 1 is 1.10 bits per heavy atom. The number of hydrogen-bond donors (Lipinski definition) is 0. The number of carbonyl (C=O) groups excluding carboxylic acids is 1. The van der Waals surface area contributed by atoms with Gasteiger partial charge in [0.15, 0.2) is 9.84 Å². The molecule has 1 aromatic heterocycles. The maximum atomic E-state index is 13.3. The summed E-state index contributed by atoms with van der Waals surface area (Å²) in [6, 6.07) is 8.07. The van der Waals surface area contributed by atoms with Gasteiger partial charge in [-0.15, -0.1) is 0 Å². The van der Waals surface area contributed by atoms with E-state index in [0.29, 0.717) is 37.0 Å².